The molecule has 1 heterocycles. The number of rotatable bonds is 6. The summed E-state index contributed by atoms with van der Waals surface area (Å²) in [6.45, 7) is 2.34. The van der Waals surface area contributed by atoms with Crippen LogP contribution in [-0.4, -0.2) is 40.9 Å². The predicted octanol–water partition coefficient (Wildman–Crippen LogP) is 1.56. The number of aryl methyl sites for hydroxylation is 1. The highest BCUT2D eigenvalue weighted by atomic mass is 16.2. The predicted molar refractivity (Wildman–Crippen MR) is 99.1 cm³/mol. The molecule has 0 unspecified atom stereocenters. The summed E-state index contributed by atoms with van der Waals surface area (Å²) >= 11 is 0. The van der Waals surface area contributed by atoms with Gasteiger partial charge >= 0.3 is 0 Å². The molecule has 1 aliphatic carbocycles. The molecule has 0 radical (unpaired) electrons. The van der Waals surface area contributed by atoms with Crippen LogP contribution in [0.4, 0.5) is 0 Å². The van der Waals surface area contributed by atoms with Crippen molar-refractivity contribution in [1.82, 2.24) is 14.8 Å². The molecule has 6 heteroatoms. The van der Waals surface area contributed by atoms with Crippen molar-refractivity contribution in [1.29, 1.82) is 0 Å². The second kappa shape index (κ2) is 7.56. The van der Waals surface area contributed by atoms with E-state index in [0.29, 0.717) is 6.54 Å². The number of likely N-dealkylation sites (N-methyl/N-ethyl adjacent to an activating group) is 1. The van der Waals surface area contributed by atoms with Gasteiger partial charge < -0.3 is 14.8 Å². The fourth-order valence-corrected chi connectivity index (χ4v) is 2.83. The summed E-state index contributed by atoms with van der Waals surface area (Å²) in [5.41, 5.74) is 1.83. The number of aromatic nitrogens is 1. The lowest BCUT2D eigenvalue weighted by molar-refractivity contribution is -0.121. The topological polar surface area (TPSA) is 71.4 Å². The molecule has 136 valence electrons. The molecule has 1 aromatic heterocycles. The summed E-state index contributed by atoms with van der Waals surface area (Å²) in [7, 11) is 1.53. The maximum Gasteiger partial charge on any atom is 0.263 e. The molecule has 1 saturated carbocycles. The normalized spacial score (nSPS) is 13.3. The number of hydrogen-bond acceptors (Lipinski definition) is 3. The van der Waals surface area contributed by atoms with E-state index in [1.165, 1.54) is 22.6 Å². The lowest BCUT2D eigenvalue weighted by atomic mass is 10.1. The smallest absolute Gasteiger partial charge is 0.263 e. The van der Waals surface area contributed by atoms with Gasteiger partial charge in [0.25, 0.3) is 11.5 Å². The van der Waals surface area contributed by atoms with E-state index in [9.17, 15) is 14.4 Å². The Morgan fingerprint density at radius 1 is 1.23 bits per heavy atom. The Bertz CT molecular complexity index is 884. The highest BCUT2D eigenvalue weighted by molar-refractivity contribution is 5.96. The number of amides is 2. The first-order valence-corrected chi connectivity index (χ1v) is 8.74. The fourth-order valence-electron chi connectivity index (χ4n) is 2.83. The summed E-state index contributed by atoms with van der Waals surface area (Å²) in [4.78, 5) is 38.4. The molecule has 1 N–H and O–H groups in total. The zero-order chi connectivity index (χ0) is 18.7. The van der Waals surface area contributed by atoms with E-state index in [2.05, 4.69) is 5.32 Å². The molecule has 26 heavy (non-hydrogen) atoms. The maximum absolute atomic E-state index is 12.7. The Hall–Kier alpha value is -2.89. The number of nitrogens with zero attached hydrogens (tertiary/aromatic N) is 2. The van der Waals surface area contributed by atoms with Crippen molar-refractivity contribution in [3.63, 3.8) is 0 Å². The Morgan fingerprint density at radius 3 is 2.69 bits per heavy atom. The molecule has 3 rings (SSSR count). The van der Waals surface area contributed by atoms with Gasteiger partial charge in [-0.05, 0) is 37.5 Å². The summed E-state index contributed by atoms with van der Waals surface area (Å²) in [5.74, 6) is -0.640. The van der Waals surface area contributed by atoms with Crippen molar-refractivity contribution < 1.29 is 9.59 Å². The van der Waals surface area contributed by atoms with E-state index < -0.39 is 5.91 Å². The van der Waals surface area contributed by atoms with Crippen LogP contribution in [0.5, 0.6) is 0 Å². The first-order valence-electron chi connectivity index (χ1n) is 8.74. The second-order valence-electron chi connectivity index (χ2n) is 6.85. The van der Waals surface area contributed by atoms with Gasteiger partial charge in [0.05, 0.1) is 13.1 Å². The molecule has 0 bridgehead atoms. The van der Waals surface area contributed by atoms with E-state index in [1.54, 1.807) is 12.3 Å². The zero-order valence-electron chi connectivity index (χ0n) is 15.1. The summed E-state index contributed by atoms with van der Waals surface area (Å²) in [5, 5.41) is 2.84. The van der Waals surface area contributed by atoms with Gasteiger partial charge in [-0.25, -0.2) is 0 Å². The number of carbonyl (C=O) groups is 2. The third-order valence-electron chi connectivity index (χ3n) is 4.36. The zero-order valence-corrected chi connectivity index (χ0v) is 15.1. The van der Waals surface area contributed by atoms with Crippen LogP contribution >= 0.6 is 0 Å². The van der Waals surface area contributed by atoms with E-state index >= 15 is 0 Å². The van der Waals surface area contributed by atoms with Crippen molar-refractivity contribution in [2.75, 3.05) is 13.6 Å². The second-order valence-corrected chi connectivity index (χ2v) is 6.85. The Labute approximate surface area is 152 Å². The first-order chi connectivity index (χ1) is 12.4. The van der Waals surface area contributed by atoms with Gasteiger partial charge in [-0.1, -0.05) is 29.8 Å². The van der Waals surface area contributed by atoms with E-state index in [0.717, 1.165) is 24.0 Å². The molecule has 2 aromatic rings. The van der Waals surface area contributed by atoms with E-state index in [4.69, 9.17) is 0 Å². The summed E-state index contributed by atoms with van der Waals surface area (Å²) in [6, 6.07) is 11.3. The molecule has 2 amide bonds. The largest absolute Gasteiger partial charge is 0.352 e. The highest BCUT2D eigenvalue weighted by Gasteiger charge is 2.25. The monoisotopic (exact) mass is 353 g/mol. The molecule has 6 nitrogen and oxygen atoms in total. The molecule has 0 aliphatic heterocycles. The van der Waals surface area contributed by atoms with Crippen LogP contribution in [-0.2, 0) is 11.3 Å². The lowest BCUT2D eigenvalue weighted by Gasteiger charge is -2.17. The minimum absolute atomic E-state index is 0.0540. The Kier molecular flexibility index (Phi) is 5.21. The van der Waals surface area contributed by atoms with Crippen LogP contribution < -0.4 is 10.9 Å². The van der Waals surface area contributed by atoms with E-state index in [-0.39, 0.29) is 29.6 Å². The number of hydrogen-bond donors (Lipinski definition) is 1. The van der Waals surface area contributed by atoms with Crippen molar-refractivity contribution in [3.05, 3.63) is 69.6 Å². The van der Waals surface area contributed by atoms with Gasteiger partial charge in [0.15, 0.2) is 0 Å². The third kappa shape index (κ3) is 4.39. The van der Waals surface area contributed by atoms with Gasteiger partial charge in [0, 0.05) is 19.3 Å². The third-order valence-corrected chi connectivity index (χ3v) is 4.36. The standard InChI is InChI=1S/C20H23N3O3/c1-14-5-3-6-15(11-14)12-23-10-4-7-17(20(23)26)19(25)22(2)13-18(24)21-16-8-9-16/h3-7,10-11,16H,8-9,12-13H2,1-2H3,(H,21,24). The van der Waals surface area contributed by atoms with Gasteiger partial charge in [-0.2, -0.15) is 0 Å². The van der Waals surface area contributed by atoms with Gasteiger partial charge in [0.1, 0.15) is 5.56 Å². The molecular weight excluding hydrogens is 330 g/mol. The van der Waals surface area contributed by atoms with Crippen molar-refractivity contribution >= 4 is 11.8 Å². The van der Waals surface area contributed by atoms with Crippen molar-refractivity contribution in [3.8, 4) is 0 Å². The van der Waals surface area contributed by atoms with Crippen LogP contribution in [0, 0.1) is 6.92 Å². The van der Waals surface area contributed by atoms with Crippen molar-refractivity contribution in [2.24, 2.45) is 0 Å². The molecule has 0 saturated heterocycles. The molecule has 0 spiro atoms. The molecular formula is C20H23N3O3. The average molecular weight is 353 g/mol. The molecule has 1 aromatic carbocycles. The number of pyridine rings is 1. The van der Waals surface area contributed by atoms with Crippen LogP contribution in [0.1, 0.15) is 34.3 Å². The first kappa shape index (κ1) is 17.9. The van der Waals surface area contributed by atoms with Crippen LogP contribution in [0.2, 0.25) is 0 Å². The van der Waals surface area contributed by atoms with Crippen molar-refractivity contribution in [2.45, 2.75) is 32.4 Å². The lowest BCUT2D eigenvalue weighted by Crippen LogP contribution is -2.41. The Morgan fingerprint density at radius 2 is 2.00 bits per heavy atom. The minimum Gasteiger partial charge on any atom is -0.352 e. The van der Waals surface area contributed by atoms with Gasteiger partial charge in [0.2, 0.25) is 5.91 Å². The average Bonchev–Trinajstić information content (AvgIpc) is 3.40. The molecule has 1 aliphatic rings. The highest BCUT2D eigenvalue weighted by Crippen LogP contribution is 2.18. The Balaban J connectivity index is 1.74. The van der Waals surface area contributed by atoms with Crippen LogP contribution in [0.15, 0.2) is 47.4 Å². The SMILES string of the molecule is Cc1cccc(Cn2cccc(C(=O)N(C)CC(=O)NC3CC3)c2=O)c1. The van der Waals surface area contributed by atoms with Crippen LogP contribution in [0.3, 0.4) is 0 Å². The quantitative estimate of drug-likeness (QED) is 0.857. The minimum atomic E-state index is -0.445. The summed E-state index contributed by atoms with van der Waals surface area (Å²) < 4.78 is 1.51. The summed E-state index contributed by atoms with van der Waals surface area (Å²) in [6.07, 6.45) is 3.65. The molecule has 0 atom stereocenters. The molecule has 1 fully saturated rings. The van der Waals surface area contributed by atoms with Gasteiger partial charge in [-0.3, -0.25) is 14.4 Å². The van der Waals surface area contributed by atoms with Crippen LogP contribution in [0.25, 0.3) is 0 Å². The maximum atomic E-state index is 12.7. The number of carbonyl (C=O) groups excluding carboxylic acids is 2. The van der Waals surface area contributed by atoms with Gasteiger partial charge in [-0.15, -0.1) is 0 Å². The number of benzene rings is 1. The van der Waals surface area contributed by atoms with E-state index in [1.807, 2.05) is 31.2 Å². The number of nitrogens with one attached hydrogen (secondary N) is 1. The fraction of sp³-hybridized carbons (Fsp3) is 0.350.